The minimum absolute atomic E-state index is 0. The Balaban J connectivity index is 0.00000312. The molecule has 8 nitrogen and oxygen atoms in total. The molecule has 0 aromatic carbocycles. The maximum atomic E-state index is 4.60. The molecule has 0 bridgehead atoms. The zero-order chi connectivity index (χ0) is 17.4. The van der Waals surface area contributed by atoms with Gasteiger partial charge < -0.3 is 20.1 Å². The Morgan fingerprint density at radius 1 is 1.32 bits per heavy atom. The molecule has 2 aromatic heterocycles. The van der Waals surface area contributed by atoms with E-state index in [1.54, 1.807) is 17.7 Å². The van der Waals surface area contributed by atoms with Crippen LogP contribution in [0.5, 0.6) is 0 Å². The molecule has 0 spiro atoms. The van der Waals surface area contributed by atoms with Crippen molar-refractivity contribution in [1.29, 1.82) is 0 Å². The van der Waals surface area contributed by atoms with Crippen molar-refractivity contribution in [3.63, 3.8) is 0 Å². The average molecular weight is 478 g/mol. The molecule has 25 heavy (non-hydrogen) atoms. The van der Waals surface area contributed by atoms with Gasteiger partial charge in [0.2, 0.25) is 0 Å². The molecule has 0 aliphatic carbocycles. The number of halogens is 1. The number of nitrogens with zero attached hydrogens (tertiary/aromatic N) is 6. The van der Waals surface area contributed by atoms with Gasteiger partial charge >= 0.3 is 0 Å². The van der Waals surface area contributed by atoms with E-state index in [1.807, 2.05) is 24.4 Å². The summed E-state index contributed by atoms with van der Waals surface area (Å²) in [5, 5.41) is 17.7. The van der Waals surface area contributed by atoms with Crippen LogP contribution in [0.3, 0.4) is 0 Å². The topological polar surface area (TPSA) is 83.3 Å². The first-order valence-electron chi connectivity index (χ1n) is 8.14. The number of rotatable bonds is 8. The number of aliphatic imine (C=N–C) groups is 1. The van der Waals surface area contributed by atoms with Crippen LogP contribution in [0.2, 0.25) is 0 Å². The second kappa shape index (κ2) is 11.2. The van der Waals surface area contributed by atoms with Gasteiger partial charge in [-0.15, -0.1) is 45.5 Å². The molecule has 0 amide bonds. The van der Waals surface area contributed by atoms with Crippen LogP contribution in [0.15, 0.2) is 16.7 Å². The van der Waals surface area contributed by atoms with E-state index >= 15 is 0 Å². The van der Waals surface area contributed by atoms with Gasteiger partial charge in [-0.1, -0.05) is 6.92 Å². The molecule has 0 saturated carbocycles. The lowest BCUT2D eigenvalue weighted by molar-refractivity contribution is 0.632. The van der Waals surface area contributed by atoms with Gasteiger partial charge in [0.1, 0.15) is 12.2 Å². The van der Waals surface area contributed by atoms with E-state index in [4.69, 9.17) is 0 Å². The van der Waals surface area contributed by atoms with Gasteiger partial charge in [0.15, 0.2) is 11.1 Å². The van der Waals surface area contributed by atoms with Gasteiger partial charge in [0.05, 0.1) is 12.2 Å². The summed E-state index contributed by atoms with van der Waals surface area (Å²) >= 11 is 1.63. The van der Waals surface area contributed by atoms with E-state index in [-0.39, 0.29) is 24.0 Å². The van der Waals surface area contributed by atoms with Crippen LogP contribution in [0.25, 0.3) is 0 Å². The Morgan fingerprint density at radius 2 is 2.12 bits per heavy atom. The van der Waals surface area contributed by atoms with Gasteiger partial charge in [0, 0.05) is 45.5 Å². The van der Waals surface area contributed by atoms with Crippen LogP contribution < -0.4 is 15.5 Å². The number of nitrogens with one attached hydrogen (secondary N) is 2. The van der Waals surface area contributed by atoms with Crippen molar-refractivity contribution in [3.8, 4) is 0 Å². The molecular formula is C15H27IN8S. The third kappa shape index (κ3) is 6.77. The lowest BCUT2D eigenvalue weighted by Crippen LogP contribution is -2.38. The number of thiazole rings is 1. The molecule has 2 heterocycles. The predicted molar refractivity (Wildman–Crippen MR) is 114 cm³/mol. The molecule has 0 unspecified atom stereocenters. The second-order valence-corrected chi connectivity index (χ2v) is 6.27. The minimum atomic E-state index is 0. The number of guanidine groups is 1. The van der Waals surface area contributed by atoms with E-state index in [2.05, 4.69) is 49.2 Å². The van der Waals surface area contributed by atoms with Crippen LogP contribution in [0.1, 0.15) is 25.4 Å². The van der Waals surface area contributed by atoms with Gasteiger partial charge in [-0.2, -0.15) is 0 Å². The predicted octanol–water partition coefficient (Wildman–Crippen LogP) is 1.74. The normalized spacial score (nSPS) is 11.1. The number of hydrogen-bond acceptors (Lipinski definition) is 6. The molecule has 0 aliphatic heterocycles. The highest BCUT2D eigenvalue weighted by Gasteiger charge is 2.05. The first-order valence-corrected chi connectivity index (χ1v) is 9.02. The Hall–Kier alpha value is -1.43. The summed E-state index contributed by atoms with van der Waals surface area (Å²) in [5.41, 5.74) is 0.980. The van der Waals surface area contributed by atoms with Crippen molar-refractivity contribution in [2.45, 2.75) is 33.4 Å². The molecule has 140 valence electrons. The minimum Gasteiger partial charge on any atom is -0.357 e. The van der Waals surface area contributed by atoms with E-state index in [0.717, 1.165) is 48.7 Å². The molecule has 10 heteroatoms. The fraction of sp³-hybridized carbons (Fsp3) is 0.600. The molecule has 0 atom stereocenters. The standard InChI is InChI=1S/C15H26N8S.HI/c1-5-13-21-19-11-23(13)8-7-17-14(16-6-2)18-9-12-10-24-15(20-12)22(3)4;/h10-11H,5-9H2,1-4H3,(H2,16,17,18);1H. The molecule has 0 fully saturated rings. The summed E-state index contributed by atoms with van der Waals surface area (Å²) in [5.74, 6) is 1.79. The fourth-order valence-corrected chi connectivity index (χ4v) is 2.86. The molecule has 2 aromatic rings. The molecule has 0 aliphatic rings. The number of anilines is 1. The molecule has 2 N–H and O–H groups in total. The zero-order valence-electron chi connectivity index (χ0n) is 15.2. The third-order valence-electron chi connectivity index (χ3n) is 3.32. The highest BCUT2D eigenvalue weighted by Crippen LogP contribution is 2.18. The van der Waals surface area contributed by atoms with Crippen molar-refractivity contribution in [2.75, 3.05) is 32.1 Å². The smallest absolute Gasteiger partial charge is 0.191 e. The zero-order valence-corrected chi connectivity index (χ0v) is 18.3. The number of aryl methyl sites for hydroxylation is 1. The van der Waals surface area contributed by atoms with E-state index in [1.165, 1.54) is 0 Å². The molecule has 2 rings (SSSR count). The summed E-state index contributed by atoms with van der Waals surface area (Å²) in [7, 11) is 3.99. The lowest BCUT2D eigenvalue weighted by Gasteiger charge is -2.12. The molecule has 0 radical (unpaired) electrons. The highest BCUT2D eigenvalue weighted by molar-refractivity contribution is 14.0. The second-order valence-electron chi connectivity index (χ2n) is 5.43. The maximum Gasteiger partial charge on any atom is 0.191 e. The maximum absolute atomic E-state index is 4.60. The Kier molecular flexibility index (Phi) is 9.71. The summed E-state index contributed by atoms with van der Waals surface area (Å²) in [4.78, 5) is 11.1. The van der Waals surface area contributed by atoms with E-state index < -0.39 is 0 Å². The molecule has 0 saturated heterocycles. The quantitative estimate of drug-likeness (QED) is 0.342. The van der Waals surface area contributed by atoms with Crippen molar-refractivity contribution in [3.05, 3.63) is 23.2 Å². The monoisotopic (exact) mass is 478 g/mol. The average Bonchev–Trinajstić information content (AvgIpc) is 3.21. The first kappa shape index (κ1) is 21.6. The van der Waals surface area contributed by atoms with Crippen LogP contribution in [0, 0.1) is 0 Å². The van der Waals surface area contributed by atoms with Crippen molar-refractivity contribution < 1.29 is 0 Å². The van der Waals surface area contributed by atoms with Crippen LogP contribution in [-0.4, -0.2) is 52.9 Å². The lowest BCUT2D eigenvalue weighted by atomic mass is 10.4. The van der Waals surface area contributed by atoms with Crippen LogP contribution in [-0.2, 0) is 19.5 Å². The fourth-order valence-electron chi connectivity index (χ4n) is 2.11. The third-order valence-corrected chi connectivity index (χ3v) is 4.38. The van der Waals surface area contributed by atoms with E-state index in [9.17, 15) is 0 Å². The van der Waals surface area contributed by atoms with E-state index in [0.29, 0.717) is 6.54 Å². The van der Waals surface area contributed by atoms with Crippen molar-refractivity contribution in [2.24, 2.45) is 4.99 Å². The Labute approximate surface area is 170 Å². The Morgan fingerprint density at radius 3 is 2.76 bits per heavy atom. The summed E-state index contributed by atoms with van der Waals surface area (Å²) in [6, 6.07) is 0. The van der Waals surface area contributed by atoms with Gasteiger partial charge in [0.25, 0.3) is 0 Å². The van der Waals surface area contributed by atoms with Crippen LogP contribution >= 0.6 is 35.3 Å². The SMILES string of the molecule is CCNC(=NCc1csc(N(C)C)n1)NCCn1cnnc1CC.I. The Bertz CT molecular complexity index is 652. The van der Waals surface area contributed by atoms with Gasteiger partial charge in [-0.05, 0) is 6.92 Å². The highest BCUT2D eigenvalue weighted by atomic mass is 127. The summed E-state index contributed by atoms with van der Waals surface area (Å²) < 4.78 is 2.06. The van der Waals surface area contributed by atoms with Crippen LogP contribution in [0.4, 0.5) is 5.13 Å². The largest absolute Gasteiger partial charge is 0.357 e. The van der Waals surface area contributed by atoms with Gasteiger partial charge in [-0.3, -0.25) is 0 Å². The summed E-state index contributed by atoms with van der Waals surface area (Å²) in [6.45, 7) is 7.08. The van der Waals surface area contributed by atoms with Crippen molar-refractivity contribution in [1.82, 2.24) is 30.4 Å². The molecular weight excluding hydrogens is 451 g/mol. The number of aromatic nitrogens is 4. The first-order chi connectivity index (χ1) is 11.6. The van der Waals surface area contributed by atoms with Gasteiger partial charge in [-0.25, -0.2) is 9.98 Å². The number of hydrogen-bond donors (Lipinski definition) is 2. The van der Waals surface area contributed by atoms with Crippen molar-refractivity contribution >= 4 is 46.4 Å². The summed E-state index contributed by atoms with van der Waals surface area (Å²) in [6.07, 6.45) is 2.65.